The molecule has 0 bridgehead atoms. The quantitative estimate of drug-likeness (QED) is 0.717. The summed E-state index contributed by atoms with van der Waals surface area (Å²) in [5.74, 6) is -2.76. The second-order valence-corrected chi connectivity index (χ2v) is 3.80. The number of carboxylic acid groups (broad SMARTS) is 1. The minimum Gasteiger partial charge on any atom is -0.475 e. The average molecular weight is 278 g/mol. The van der Waals surface area contributed by atoms with Crippen molar-refractivity contribution in [2.75, 3.05) is 24.3 Å². The number of halogens is 3. The highest BCUT2D eigenvalue weighted by Crippen LogP contribution is 2.14. The summed E-state index contributed by atoms with van der Waals surface area (Å²) in [4.78, 5) is 8.90. The Morgan fingerprint density at radius 1 is 1.32 bits per heavy atom. The van der Waals surface area contributed by atoms with E-state index in [1.165, 1.54) is 0 Å². The molecule has 0 unspecified atom stereocenters. The molecule has 0 radical (unpaired) electrons. The molecule has 0 spiro atoms. The van der Waals surface area contributed by atoms with Gasteiger partial charge in [0.15, 0.2) is 0 Å². The number of carboxylic acids is 1. The van der Waals surface area contributed by atoms with Gasteiger partial charge in [-0.1, -0.05) is 0 Å². The molecule has 0 saturated carbocycles. The van der Waals surface area contributed by atoms with Crippen LogP contribution in [0.3, 0.4) is 0 Å². The number of ether oxygens (including phenoxy) is 1. The Hall–Kier alpha value is -1.96. The van der Waals surface area contributed by atoms with Gasteiger partial charge < -0.3 is 20.9 Å². The third-order valence-electron chi connectivity index (χ3n) is 2.16. The summed E-state index contributed by atoms with van der Waals surface area (Å²) in [6, 6.07) is 8.22. The van der Waals surface area contributed by atoms with Crippen molar-refractivity contribution < 1.29 is 27.8 Å². The van der Waals surface area contributed by atoms with E-state index >= 15 is 0 Å². The molecule has 0 atom stereocenters. The van der Waals surface area contributed by atoms with Crippen LogP contribution in [0.15, 0.2) is 24.3 Å². The molecule has 0 aromatic heterocycles. The lowest BCUT2D eigenvalue weighted by Crippen LogP contribution is -2.40. The van der Waals surface area contributed by atoms with Crippen molar-refractivity contribution in [3.63, 3.8) is 0 Å². The van der Waals surface area contributed by atoms with E-state index < -0.39 is 12.1 Å². The molecule has 106 valence electrons. The fourth-order valence-corrected chi connectivity index (χ4v) is 1.13. The maximum absolute atomic E-state index is 10.6. The molecule has 1 fully saturated rings. The molecular weight excluding hydrogens is 265 g/mol. The SMILES string of the molecule is Nc1ccc(NC2COC2)cc1.O=C(O)C(F)(F)F. The number of hydrogen-bond donors (Lipinski definition) is 3. The lowest BCUT2D eigenvalue weighted by molar-refractivity contribution is -0.192. The molecule has 0 aliphatic carbocycles. The monoisotopic (exact) mass is 278 g/mol. The van der Waals surface area contributed by atoms with Crippen molar-refractivity contribution in [3.05, 3.63) is 24.3 Å². The van der Waals surface area contributed by atoms with E-state index in [1.54, 1.807) is 0 Å². The van der Waals surface area contributed by atoms with Crippen LogP contribution in [0, 0.1) is 0 Å². The summed E-state index contributed by atoms with van der Waals surface area (Å²) in [5, 5.41) is 10.4. The standard InChI is InChI=1S/C9H12N2O.C2HF3O2/c10-7-1-3-8(4-2-7)11-9-5-12-6-9;3-2(4,5)1(6)7/h1-4,9,11H,5-6,10H2;(H,6,7). The summed E-state index contributed by atoms with van der Waals surface area (Å²) in [5.41, 5.74) is 7.46. The Labute approximate surface area is 107 Å². The largest absolute Gasteiger partial charge is 0.490 e. The molecule has 1 aliphatic heterocycles. The molecule has 2 rings (SSSR count). The highest BCUT2D eigenvalue weighted by atomic mass is 19.4. The van der Waals surface area contributed by atoms with Crippen LogP contribution < -0.4 is 11.1 Å². The molecule has 8 heteroatoms. The van der Waals surface area contributed by atoms with Gasteiger partial charge in [0.25, 0.3) is 0 Å². The maximum atomic E-state index is 10.6. The number of nitrogens with one attached hydrogen (secondary N) is 1. The molecule has 0 amide bonds. The molecule has 1 aliphatic rings. The van der Waals surface area contributed by atoms with Gasteiger partial charge in [-0.2, -0.15) is 13.2 Å². The number of nitrogen functional groups attached to an aromatic ring is 1. The van der Waals surface area contributed by atoms with Gasteiger partial charge in [0.2, 0.25) is 0 Å². The van der Waals surface area contributed by atoms with Crippen LogP contribution in [-0.2, 0) is 9.53 Å². The molecule has 1 heterocycles. The number of benzene rings is 1. The average Bonchev–Trinajstić information content (AvgIpc) is 2.25. The van der Waals surface area contributed by atoms with Gasteiger partial charge in [0, 0.05) is 11.4 Å². The van der Waals surface area contributed by atoms with E-state index in [-0.39, 0.29) is 0 Å². The summed E-state index contributed by atoms with van der Waals surface area (Å²) in [7, 11) is 0. The first-order chi connectivity index (χ1) is 8.79. The fourth-order valence-electron chi connectivity index (χ4n) is 1.13. The third kappa shape index (κ3) is 5.47. The first-order valence-electron chi connectivity index (χ1n) is 5.29. The van der Waals surface area contributed by atoms with Gasteiger partial charge in [0.1, 0.15) is 0 Å². The van der Waals surface area contributed by atoms with Gasteiger partial charge in [-0.15, -0.1) is 0 Å². The summed E-state index contributed by atoms with van der Waals surface area (Å²) >= 11 is 0. The number of aliphatic carboxylic acids is 1. The van der Waals surface area contributed by atoms with Gasteiger partial charge in [-0.3, -0.25) is 0 Å². The van der Waals surface area contributed by atoms with Gasteiger partial charge in [-0.25, -0.2) is 4.79 Å². The van der Waals surface area contributed by atoms with E-state index in [0.29, 0.717) is 6.04 Å². The van der Waals surface area contributed by atoms with E-state index in [9.17, 15) is 13.2 Å². The number of anilines is 2. The van der Waals surface area contributed by atoms with Crippen LogP contribution in [0.5, 0.6) is 0 Å². The fraction of sp³-hybridized carbons (Fsp3) is 0.364. The van der Waals surface area contributed by atoms with Crippen molar-refractivity contribution in [1.82, 2.24) is 0 Å². The highest BCUT2D eigenvalue weighted by Gasteiger charge is 2.38. The number of carbonyl (C=O) groups is 1. The van der Waals surface area contributed by atoms with Crippen molar-refractivity contribution in [2.45, 2.75) is 12.2 Å². The Balaban J connectivity index is 0.000000224. The summed E-state index contributed by atoms with van der Waals surface area (Å²) < 4.78 is 36.8. The first-order valence-corrected chi connectivity index (χ1v) is 5.29. The molecule has 1 saturated heterocycles. The van der Waals surface area contributed by atoms with Crippen molar-refractivity contribution >= 4 is 17.3 Å². The first kappa shape index (κ1) is 15.1. The van der Waals surface area contributed by atoms with Crippen LogP contribution >= 0.6 is 0 Å². The predicted octanol–water partition coefficient (Wildman–Crippen LogP) is 1.71. The zero-order valence-corrected chi connectivity index (χ0v) is 9.78. The number of nitrogens with two attached hydrogens (primary N) is 1. The lowest BCUT2D eigenvalue weighted by atomic mass is 10.2. The predicted molar refractivity (Wildman–Crippen MR) is 62.8 cm³/mol. The molecule has 19 heavy (non-hydrogen) atoms. The van der Waals surface area contributed by atoms with E-state index in [1.807, 2.05) is 24.3 Å². The van der Waals surface area contributed by atoms with Gasteiger partial charge in [-0.05, 0) is 24.3 Å². The number of hydrogen-bond acceptors (Lipinski definition) is 4. The zero-order valence-electron chi connectivity index (χ0n) is 9.78. The van der Waals surface area contributed by atoms with Crippen molar-refractivity contribution in [1.29, 1.82) is 0 Å². The van der Waals surface area contributed by atoms with E-state index in [0.717, 1.165) is 24.6 Å². The van der Waals surface area contributed by atoms with Crippen molar-refractivity contribution in [2.24, 2.45) is 0 Å². The van der Waals surface area contributed by atoms with Crippen LogP contribution in [0.1, 0.15) is 0 Å². The van der Waals surface area contributed by atoms with E-state index in [4.69, 9.17) is 20.4 Å². The lowest BCUT2D eigenvalue weighted by Gasteiger charge is -2.27. The minimum absolute atomic E-state index is 0.480. The second-order valence-electron chi connectivity index (χ2n) is 3.80. The Morgan fingerprint density at radius 2 is 1.79 bits per heavy atom. The highest BCUT2D eigenvalue weighted by molar-refractivity contribution is 5.73. The van der Waals surface area contributed by atoms with Gasteiger partial charge in [0.05, 0.1) is 19.3 Å². The van der Waals surface area contributed by atoms with E-state index in [2.05, 4.69) is 5.32 Å². The van der Waals surface area contributed by atoms with Crippen LogP contribution in [0.4, 0.5) is 24.5 Å². The van der Waals surface area contributed by atoms with Crippen LogP contribution in [0.2, 0.25) is 0 Å². The summed E-state index contributed by atoms with van der Waals surface area (Å²) in [6.45, 7) is 1.62. The number of rotatable bonds is 2. The third-order valence-corrected chi connectivity index (χ3v) is 2.16. The second kappa shape index (κ2) is 6.28. The Morgan fingerprint density at radius 3 is 2.11 bits per heavy atom. The molecule has 4 N–H and O–H groups in total. The molecular formula is C11H13F3N2O3. The summed E-state index contributed by atoms with van der Waals surface area (Å²) in [6.07, 6.45) is -5.08. The van der Waals surface area contributed by atoms with Crippen molar-refractivity contribution in [3.8, 4) is 0 Å². The number of alkyl halides is 3. The Bertz CT molecular complexity index is 416. The maximum Gasteiger partial charge on any atom is 0.490 e. The topological polar surface area (TPSA) is 84.6 Å². The molecule has 1 aromatic rings. The van der Waals surface area contributed by atoms with Crippen LogP contribution in [0.25, 0.3) is 0 Å². The van der Waals surface area contributed by atoms with Gasteiger partial charge >= 0.3 is 12.1 Å². The minimum atomic E-state index is -5.08. The smallest absolute Gasteiger partial charge is 0.475 e. The molecule has 5 nitrogen and oxygen atoms in total. The zero-order chi connectivity index (χ0) is 14.5. The Kier molecular flexibility index (Phi) is 4.99. The molecule has 1 aromatic carbocycles. The normalized spacial score (nSPS) is 14.9. The van der Waals surface area contributed by atoms with Crippen LogP contribution in [-0.4, -0.2) is 36.5 Å².